The molecule has 0 amide bonds. The van der Waals surface area contributed by atoms with Crippen LogP contribution in [0.2, 0.25) is 5.02 Å². The van der Waals surface area contributed by atoms with Gasteiger partial charge < -0.3 is 23.8 Å². The molecule has 0 aliphatic carbocycles. The summed E-state index contributed by atoms with van der Waals surface area (Å²) in [5, 5.41) is 0.656. The molecule has 1 unspecified atom stereocenters. The number of piperazine rings is 1. The number of piperidine rings is 1. The van der Waals surface area contributed by atoms with Gasteiger partial charge >= 0.3 is 0 Å². The van der Waals surface area contributed by atoms with Crippen molar-refractivity contribution in [1.82, 2.24) is 4.90 Å². The quantitative estimate of drug-likeness (QED) is 0.344. The van der Waals surface area contributed by atoms with Gasteiger partial charge in [-0.25, -0.2) is 0 Å². The van der Waals surface area contributed by atoms with Crippen molar-refractivity contribution in [3.8, 4) is 11.5 Å². The third-order valence-electron chi connectivity index (χ3n) is 7.89. The highest BCUT2D eigenvalue weighted by molar-refractivity contribution is 6.32. The van der Waals surface area contributed by atoms with Crippen LogP contribution in [0.4, 0.5) is 5.69 Å². The van der Waals surface area contributed by atoms with Crippen molar-refractivity contribution in [3.05, 3.63) is 52.0 Å². The standard InChI is InChI=1S/C30H43ClN2O4/c1-6-35-19-25(20-36-7-2)37-29-14-12-26(21(3)22(29)4)28-10-8-9-24-18-32(15-16-33(24)28)23-11-13-27(31)30(17-23)34-5/h11-14,17,24-25,28H,6-10,15-16,18-20H2,1-5H3/t24?,28-/m1/s1. The summed E-state index contributed by atoms with van der Waals surface area (Å²) in [6.07, 6.45) is 3.56. The number of nitrogens with zero attached hydrogens (tertiary/aromatic N) is 2. The molecule has 0 N–H and O–H groups in total. The Kier molecular flexibility index (Phi) is 9.99. The van der Waals surface area contributed by atoms with E-state index in [4.69, 9.17) is 30.5 Å². The largest absolute Gasteiger partial charge is 0.495 e. The van der Waals surface area contributed by atoms with Gasteiger partial charge in [0, 0.05) is 56.7 Å². The highest BCUT2D eigenvalue weighted by Gasteiger charge is 2.36. The molecule has 7 heteroatoms. The number of ether oxygens (including phenoxy) is 4. The van der Waals surface area contributed by atoms with Gasteiger partial charge in [0.15, 0.2) is 0 Å². The maximum absolute atomic E-state index is 6.38. The summed E-state index contributed by atoms with van der Waals surface area (Å²) in [6, 6.07) is 11.5. The Balaban J connectivity index is 1.48. The second-order valence-corrected chi connectivity index (χ2v) is 10.5. The van der Waals surface area contributed by atoms with E-state index in [9.17, 15) is 0 Å². The lowest BCUT2D eigenvalue weighted by atomic mass is 9.86. The van der Waals surface area contributed by atoms with Gasteiger partial charge in [-0.15, -0.1) is 0 Å². The van der Waals surface area contributed by atoms with Gasteiger partial charge in [0.25, 0.3) is 0 Å². The lowest BCUT2D eigenvalue weighted by Gasteiger charge is -2.49. The highest BCUT2D eigenvalue weighted by atomic mass is 35.5. The van der Waals surface area contributed by atoms with E-state index in [-0.39, 0.29) is 6.10 Å². The predicted octanol–water partition coefficient (Wildman–Crippen LogP) is 6.20. The Morgan fingerprint density at radius 2 is 1.70 bits per heavy atom. The van der Waals surface area contributed by atoms with Gasteiger partial charge in [-0.05, 0) is 81.8 Å². The van der Waals surface area contributed by atoms with Crippen molar-refractivity contribution in [1.29, 1.82) is 0 Å². The molecule has 0 bridgehead atoms. The summed E-state index contributed by atoms with van der Waals surface area (Å²) in [6.45, 7) is 13.9. The average molecular weight is 531 g/mol. The topological polar surface area (TPSA) is 43.4 Å². The number of rotatable bonds is 11. The van der Waals surface area contributed by atoms with Gasteiger partial charge in [-0.3, -0.25) is 4.90 Å². The third-order valence-corrected chi connectivity index (χ3v) is 8.20. The first-order chi connectivity index (χ1) is 18.0. The molecule has 2 saturated heterocycles. The monoisotopic (exact) mass is 530 g/mol. The Morgan fingerprint density at radius 1 is 0.946 bits per heavy atom. The second-order valence-electron chi connectivity index (χ2n) is 10.1. The lowest BCUT2D eigenvalue weighted by molar-refractivity contribution is -0.000589. The van der Waals surface area contributed by atoms with E-state index in [2.05, 4.69) is 47.9 Å². The van der Waals surface area contributed by atoms with Crippen molar-refractivity contribution in [2.75, 3.05) is 58.1 Å². The molecule has 204 valence electrons. The molecule has 2 aromatic rings. The number of anilines is 1. The molecule has 2 atom stereocenters. The van der Waals surface area contributed by atoms with Crippen molar-refractivity contribution in [2.45, 2.75) is 65.1 Å². The van der Waals surface area contributed by atoms with Crippen LogP contribution in [0.5, 0.6) is 11.5 Å². The maximum Gasteiger partial charge on any atom is 0.145 e. The van der Waals surface area contributed by atoms with E-state index in [1.54, 1.807) is 7.11 Å². The van der Waals surface area contributed by atoms with Crippen LogP contribution in [-0.2, 0) is 9.47 Å². The molecule has 2 aromatic carbocycles. The zero-order chi connectivity index (χ0) is 26.4. The molecule has 2 heterocycles. The van der Waals surface area contributed by atoms with Crippen molar-refractivity contribution in [3.63, 3.8) is 0 Å². The molecule has 4 rings (SSSR count). The van der Waals surface area contributed by atoms with Crippen molar-refractivity contribution in [2.24, 2.45) is 0 Å². The second kappa shape index (κ2) is 13.2. The fourth-order valence-corrected chi connectivity index (χ4v) is 5.96. The molecule has 37 heavy (non-hydrogen) atoms. The summed E-state index contributed by atoms with van der Waals surface area (Å²) in [5.74, 6) is 1.67. The summed E-state index contributed by atoms with van der Waals surface area (Å²) in [7, 11) is 1.67. The Hall–Kier alpha value is -1.99. The summed E-state index contributed by atoms with van der Waals surface area (Å²) < 4.78 is 23.1. The minimum absolute atomic E-state index is 0.109. The molecular weight excluding hydrogens is 488 g/mol. The minimum Gasteiger partial charge on any atom is -0.495 e. The fraction of sp³-hybridized carbons (Fsp3) is 0.600. The summed E-state index contributed by atoms with van der Waals surface area (Å²) >= 11 is 6.27. The van der Waals surface area contributed by atoms with Gasteiger partial charge in [0.1, 0.15) is 17.6 Å². The molecule has 0 aromatic heterocycles. The molecule has 2 aliphatic rings. The lowest BCUT2D eigenvalue weighted by Crippen LogP contribution is -2.56. The van der Waals surface area contributed by atoms with E-state index in [0.717, 1.165) is 31.1 Å². The Bertz CT molecular complexity index is 1020. The number of hydrogen-bond acceptors (Lipinski definition) is 6. The maximum atomic E-state index is 6.38. The predicted molar refractivity (Wildman–Crippen MR) is 151 cm³/mol. The summed E-state index contributed by atoms with van der Waals surface area (Å²) in [4.78, 5) is 5.22. The molecule has 6 nitrogen and oxygen atoms in total. The van der Waals surface area contributed by atoms with E-state index in [1.165, 1.54) is 41.6 Å². The SMILES string of the molecule is CCOCC(COCC)Oc1ccc([C@H]2CCCC3CN(c4ccc(Cl)c(OC)c4)CCN32)c(C)c1C. The van der Waals surface area contributed by atoms with Crippen LogP contribution in [0.15, 0.2) is 30.3 Å². The van der Waals surface area contributed by atoms with Gasteiger partial charge in [0.05, 0.1) is 25.3 Å². The van der Waals surface area contributed by atoms with Crippen LogP contribution < -0.4 is 14.4 Å². The zero-order valence-electron chi connectivity index (χ0n) is 23.1. The van der Waals surface area contributed by atoms with Crippen LogP contribution in [0.3, 0.4) is 0 Å². The average Bonchev–Trinajstić information content (AvgIpc) is 2.92. The van der Waals surface area contributed by atoms with Crippen LogP contribution in [0.25, 0.3) is 0 Å². The van der Waals surface area contributed by atoms with Gasteiger partial charge in [-0.1, -0.05) is 17.7 Å². The van der Waals surface area contributed by atoms with Crippen LogP contribution in [0.1, 0.15) is 55.8 Å². The first-order valence-electron chi connectivity index (χ1n) is 13.7. The van der Waals surface area contributed by atoms with Gasteiger partial charge in [0.2, 0.25) is 0 Å². The summed E-state index contributed by atoms with van der Waals surface area (Å²) in [5.41, 5.74) is 5.16. The Morgan fingerprint density at radius 3 is 2.41 bits per heavy atom. The number of benzene rings is 2. The number of hydrogen-bond donors (Lipinski definition) is 0. The number of halogens is 1. The molecule has 2 fully saturated rings. The number of methoxy groups -OCH3 is 1. The number of fused-ring (bicyclic) bond motifs is 1. The third kappa shape index (κ3) is 6.54. The normalized spacial score (nSPS) is 20.2. The smallest absolute Gasteiger partial charge is 0.145 e. The Labute approximate surface area is 227 Å². The highest BCUT2D eigenvalue weighted by Crippen LogP contribution is 2.40. The van der Waals surface area contributed by atoms with E-state index >= 15 is 0 Å². The first kappa shape index (κ1) is 28.0. The van der Waals surface area contributed by atoms with Crippen LogP contribution >= 0.6 is 11.6 Å². The molecular formula is C30H43ClN2O4. The van der Waals surface area contributed by atoms with Gasteiger partial charge in [-0.2, -0.15) is 0 Å². The molecule has 2 aliphatic heterocycles. The van der Waals surface area contributed by atoms with Crippen LogP contribution in [-0.4, -0.2) is 70.2 Å². The molecule has 0 saturated carbocycles. The zero-order valence-corrected chi connectivity index (χ0v) is 23.9. The van der Waals surface area contributed by atoms with Crippen LogP contribution in [0, 0.1) is 13.8 Å². The minimum atomic E-state index is -0.109. The first-order valence-corrected chi connectivity index (χ1v) is 14.1. The van der Waals surface area contributed by atoms with E-state index in [0.29, 0.717) is 43.5 Å². The van der Waals surface area contributed by atoms with E-state index in [1.807, 2.05) is 19.9 Å². The van der Waals surface area contributed by atoms with Crippen molar-refractivity contribution >= 4 is 17.3 Å². The fourth-order valence-electron chi connectivity index (χ4n) is 5.76. The van der Waals surface area contributed by atoms with E-state index < -0.39 is 0 Å². The molecule has 0 radical (unpaired) electrons. The molecule has 0 spiro atoms. The van der Waals surface area contributed by atoms with Crippen molar-refractivity contribution < 1.29 is 18.9 Å².